The summed E-state index contributed by atoms with van der Waals surface area (Å²) in [6.45, 7) is 1.45. The predicted octanol–water partition coefficient (Wildman–Crippen LogP) is 4.82. The summed E-state index contributed by atoms with van der Waals surface area (Å²) in [7, 11) is 0. The Morgan fingerprint density at radius 3 is 2.06 bits per heavy atom. The van der Waals surface area contributed by atoms with E-state index in [9.17, 15) is 18.8 Å². The molecule has 3 rings (SSSR count). The van der Waals surface area contributed by atoms with Gasteiger partial charge < -0.3 is 16.0 Å². The van der Waals surface area contributed by atoms with Crippen LogP contribution in [-0.4, -0.2) is 29.8 Å². The molecule has 0 saturated heterocycles. The van der Waals surface area contributed by atoms with E-state index >= 15 is 0 Å². The molecule has 0 aromatic heterocycles. The van der Waals surface area contributed by atoms with Crippen molar-refractivity contribution in [2.24, 2.45) is 0 Å². The number of rotatable bonds is 11. The van der Waals surface area contributed by atoms with Crippen molar-refractivity contribution in [3.63, 3.8) is 0 Å². The maximum Gasteiger partial charge on any atom is 0.319 e. The molecule has 186 valence electrons. The van der Waals surface area contributed by atoms with Crippen LogP contribution in [0.4, 0.5) is 14.9 Å². The number of halogens is 1. The van der Waals surface area contributed by atoms with Crippen LogP contribution in [0.2, 0.25) is 0 Å². The van der Waals surface area contributed by atoms with E-state index in [0.29, 0.717) is 18.5 Å². The van der Waals surface area contributed by atoms with E-state index in [-0.39, 0.29) is 18.1 Å². The highest BCUT2D eigenvalue weighted by Gasteiger charge is 2.23. The highest BCUT2D eigenvalue weighted by Crippen LogP contribution is 2.10. The van der Waals surface area contributed by atoms with E-state index in [0.717, 1.165) is 11.1 Å². The van der Waals surface area contributed by atoms with Crippen LogP contribution in [-0.2, 0) is 22.4 Å². The van der Waals surface area contributed by atoms with Gasteiger partial charge in [-0.3, -0.25) is 9.59 Å². The second-order valence-electron chi connectivity index (χ2n) is 8.46. The standard InChI is InChI=1S/C29H30FN3O3/c1-21(34)12-16-25(17-13-22-8-4-2-5-9-22)31-28(35)27(20-23-10-6-3-7-11-23)33-29(36)32-26-18-14-24(30)15-19-26/h2-12,14-16,18-19,25,27H,13,17,20H2,1H3,(H,31,35)(H2,32,33,36)/b16-12+/t25-,27+/m1/s1. The van der Waals surface area contributed by atoms with Gasteiger partial charge in [0.15, 0.2) is 5.78 Å². The summed E-state index contributed by atoms with van der Waals surface area (Å²) in [5, 5.41) is 8.32. The van der Waals surface area contributed by atoms with Gasteiger partial charge in [-0.15, -0.1) is 0 Å². The van der Waals surface area contributed by atoms with Crippen molar-refractivity contribution in [3.05, 3.63) is 114 Å². The first-order chi connectivity index (χ1) is 17.4. The Balaban J connectivity index is 1.72. The maximum atomic E-state index is 13.3. The second-order valence-corrected chi connectivity index (χ2v) is 8.46. The molecule has 0 heterocycles. The zero-order valence-electron chi connectivity index (χ0n) is 20.1. The van der Waals surface area contributed by atoms with E-state index in [1.807, 2.05) is 60.7 Å². The number of ketones is 1. The number of benzene rings is 3. The molecule has 0 aliphatic carbocycles. The number of anilines is 1. The number of amides is 3. The van der Waals surface area contributed by atoms with Crippen LogP contribution in [0, 0.1) is 5.82 Å². The first kappa shape index (κ1) is 26.3. The topological polar surface area (TPSA) is 87.3 Å². The van der Waals surface area contributed by atoms with Crippen LogP contribution < -0.4 is 16.0 Å². The fourth-order valence-electron chi connectivity index (χ4n) is 3.64. The van der Waals surface area contributed by atoms with Crippen LogP contribution >= 0.6 is 0 Å². The molecule has 3 aromatic rings. The number of nitrogens with one attached hydrogen (secondary N) is 3. The average molecular weight is 488 g/mol. The summed E-state index contributed by atoms with van der Waals surface area (Å²) in [4.78, 5) is 37.5. The lowest BCUT2D eigenvalue weighted by molar-refractivity contribution is -0.123. The Morgan fingerprint density at radius 1 is 0.833 bits per heavy atom. The summed E-state index contributed by atoms with van der Waals surface area (Å²) in [6, 6.07) is 22.7. The highest BCUT2D eigenvalue weighted by atomic mass is 19.1. The fraction of sp³-hybridized carbons (Fsp3) is 0.207. The van der Waals surface area contributed by atoms with Gasteiger partial charge in [-0.25, -0.2) is 9.18 Å². The summed E-state index contributed by atoms with van der Waals surface area (Å²) in [5.74, 6) is -0.909. The van der Waals surface area contributed by atoms with Gasteiger partial charge in [0.2, 0.25) is 5.91 Å². The number of hydrogen-bond acceptors (Lipinski definition) is 3. The van der Waals surface area contributed by atoms with Gasteiger partial charge in [0.25, 0.3) is 0 Å². The summed E-state index contributed by atoms with van der Waals surface area (Å²) >= 11 is 0. The Morgan fingerprint density at radius 2 is 1.44 bits per heavy atom. The molecule has 0 saturated carbocycles. The molecule has 0 aliphatic rings. The number of carbonyl (C=O) groups is 3. The molecule has 36 heavy (non-hydrogen) atoms. The minimum Gasteiger partial charge on any atom is -0.348 e. The summed E-state index contributed by atoms with van der Waals surface area (Å²) < 4.78 is 13.2. The average Bonchev–Trinajstić information content (AvgIpc) is 2.87. The lowest BCUT2D eigenvalue weighted by atomic mass is 10.0. The van der Waals surface area contributed by atoms with Gasteiger partial charge in [-0.05, 0) is 61.2 Å². The largest absolute Gasteiger partial charge is 0.348 e. The summed E-state index contributed by atoms with van der Waals surface area (Å²) in [6.07, 6.45) is 4.68. The molecule has 3 amide bonds. The summed E-state index contributed by atoms with van der Waals surface area (Å²) in [5.41, 5.74) is 2.39. The van der Waals surface area contributed by atoms with Gasteiger partial charge in [-0.1, -0.05) is 66.7 Å². The molecule has 3 aromatic carbocycles. The smallest absolute Gasteiger partial charge is 0.319 e. The zero-order valence-corrected chi connectivity index (χ0v) is 20.1. The van der Waals surface area contributed by atoms with E-state index in [1.54, 1.807) is 6.08 Å². The third kappa shape index (κ3) is 9.18. The Hall–Kier alpha value is -4.26. The minimum absolute atomic E-state index is 0.119. The molecule has 0 radical (unpaired) electrons. The van der Waals surface area contributed by atoms with E-state index in [2.05, 4.69) is 16.0 Å². The van der Waals surface area contributed by atoms with Gasteiger partial charge in [-0.2, -0.15) is 0 Å². The lowest BCUT2D eigenvalue weighted by Gasteiger charge is -2.22. The van der Waals surface area contributed by atoms with Crippen molar-refractivity contribution in [3.8, 4) is 0 Å². The number of hydrogen-bond donors (Lipinski definition) is 3. The molecular formula is C29H30FN3O3. The molecule has 0 bridgehead atoms. The molecule has 0 fully saturated rings. The van der Waals surface area contributed by atoms with Gasteiger partial charge in [0.1, 0.15) is 11.9 Å². The molecule has 0 unspecified atom stereocenters. The van der Waals surface area contributed by atoms with Crippen LogP contribution in [0.3, 0.4) is 0 Å². The molecule has 0 spiro atoms. The van der Waals surface area contributed by atoms with Crippen LogP contribution in [0.5, 0.6) is 0 Å². The predicted molar refractivity (Wildman–Crippen MR) is 139 cm³/mol. The van der Waals surface area contributed by atoms with Crippen molar-refractivity contribution in [1.82, 2.24) is 10.6 Å². The second kappa shape index (κ2) is 13.6. The van der Waals surface area contributed by atoms with Crippen LogP contribution in [0.25, 0.3) is 0 Å². The number of allylic oxidation sites excluding steroid dienone is 1. The first-order valence-electron chi connectivity index (χ1n) is 11.8. The minimum atomic E-state index is -0.877. The molecular weight excluding hydrogens is 457 g/mol. The molecule has 3 N–H and O–H groups in total. The normalized spacial score (nSPS) is 12.5. The Bertz CT molecular complexity index is 1170. The molecule has 6 nitrogen and oxygen atoms in total. The third-order valence-electron chi connectivity index (χ3n) is 5.48. The quantitative estimate of drug-likeness (QED) is 0.339. The Labute approximate surface area is 210 Å². The lowest BCUT2D eigenvalue weighted by Crippen LogP contribution is -2.51. The van der Waals surface area contributed by atoms with Crippen molar-refractivity contribution in [2.45, 2.75) is 38.3 Å². The molecule has 0 aliphatic heterocycles. The van der Waals surface area contributed by atoms with Crippen molar-refractivity contribution in [1.29, 1.82) is 0 Å². The van der Waals surface area contributed by atoms with Crippen molar-refractivity contribution < 1.29 is 18.8 Å². The van der Waals surface area contributed by atoms with Crippen LogP contribution in [0.1, 0.15) is 24.5 Å². The van der Waals surface area contributed by atoms with Crippen molar-refractivity contribution >= 4 is 23.4 Å². The monoisotopic (exact) mass is 487 g/mol. The number of carbonyl (C=O) groups excluding carboxylic acids is 3. The van der Waals surface area contributed by atoms with Gasteiger partial charge in [0, 0.05) is 18.2 Å². The van der Waals surface area contributed by atoms with Crippen LogP contribution in [0.15, 0.2) is 97.1 Å². The molecule has 2 atom stereocenters. The SMILES string of the molecule is CC(=O)/C=C/[C@H](CCc1ccccc1)NC(=O)[C@H](Cc1ccccc1)NC(=O)Nc1ccc(F)cc1. The highest BCUT2D eigenvalue weighted by molar-refractivity contribution is 5.94. The van der Waals surface area contributed by atoms with E-state index in [1.165, 1.54) is 37.3 Å². The van der Waals surface area contributed by atoms with E-state index in [4.69, 9.17) is 0 Å². The molecule has 7 heteroatoms. The number of aryl methyl sites for hydroxylation is 1. The first-order valence-corrected chi connectivity index (χ1v) is 11.8. The van der Waals surface area contributed by atoms with Crippen molar-refractivity contribution in [2.75, 3.05) is 5.32 Å². The van der Waals surface area contributed by atoms with Gasteiger partial charge in [0.05, 0.1) is 0 Å². The third-order valence-corrected chi connectivity index (χ3v) is 5.48. The Kier molecular flexibility index (Phi) is 9.94. The maximum absolute atomic E-state index is 13.3. The van der Waals surface area contributed by atoms with E-state index < -0.39 is 23.9 Å². The zero-order chi connectivity index (χ0) is 25.8. The fourth-order valence-corrected chi connectivity index (χ4v) is 3.64. The number of urea groups is 1. The van der Waals surface area contributed by atoms with Gasteiger partial charge >= 0.3 is 6.03 Å².